The fourth-order valence-corrected chi connectivity index (χ4v) is 5.39. The number of thiazole rings is 1. The van der Waals surface area contributed by atoms with Gasteiger partial charge in [-0.3, -0.25) is 9.36 Å². The number of rotatable bonds is 6. The lowest BCUT2D eigenvalue weighted by Crippen LogP contribution is -2.23. The minimum absolute atomic E-state index is 0.0391. The fraction of sp³-hybridized carbons (Fsp3) is 0.318. The molecule has 0 radical (unpaired) electrons. The number of fused-ring (bicyclic) bond motifs is 1. The van der Waals surface area contributed by atoms with E-state index in [1.54, 1.807) is 10.6 Å². The summed E-state index contributed by atoms with van der Waals surface area (Å²) in [5, 5.41) is 3.96. The molecular weight excluding hydrogens is 448 g/mol. The third kappa shape index (κ3) is 4.38. The molecule has 0 amide bonds. The van der Waals surface area contributed by atoms with Crippen LogP contribution >= 0.6 is 11.3 Å². The van der Waals surface area contributed by atoms with E-state index in [2.05, 4.69) is 35.6 Å². The molecule has 2 aromatic carbocycles. The minimum Gasteiger partial charge on any atom is -0.338 e. The first-order valence-electron chi connectivity index (χ1n) is 10.1. The average Bonchev–Trinajstić information content (AvgIpc) is 3.34. The molecule has 4 rings (SSSR count). The maximum absolute atomic E-state index is 12.7. The topological polar surface area (TPSA) is 107 Å². The van der Waals surface area contributed by atoms with Crippen molar-refractivity contribution in [2.45, 2.75) is 51.1 Å². The van der Waals surface area contributed by atoms with Crippen LogP contribution in [0.2, 0.25) is 0 Å². The van der Waals surface area contributed by atoms with Gasteiger partial charge >= 0.3 is 4.87 Å². The number of aromatic nitrogens is 3. The van der Waals surface area contributed by atoms with Gasteiger partial charge in [-0.05, 0) is 36.1 Å². The molecule has 2 aromatic heterocycles. The van der Waals surface area contributed by atoms with Crippen LogP contribution in [0, 0.1) is 0 Å². The highest BCUT2D eigenvalue weighted by Crippen LogP contribution is 2.25. The third-order valence-corrected chi connectivity index (χ3v) is 7.50. The van der Waals surface area contributed by atoms with Crippen molar-refractivity contribution in [3.63, 3.8) is 0 Å². The Kier molecular flexibility index (Phi) is 5.78. The molecule has 4 aromatic rings. The van der Waals surface area contributed by atoms with E-state index in [1.165, 1.54) is 17.7 Å². The van der Waals surface area contributed by atoms with Crippen molar-refractivity contribution in [1.29, 1.82) is 0 Å². The van der Waals surface area contributed by atoms with Crippen LogP contribution in [-0.4, -0.2) is 23.1 Å². The van der Waals surface area contributed by atoms with Crippen LogP contribution in [0.1, 0.15) is 39.1 Å². The lowest BCUT2D eigenvalue weighted by molar-refractivity contribution is 0.376. The number of sulfonamides is 1. The SMILES string of the molecule is CCn1c(=O)sc2cc(S(=O)(=O)NCc3nc(-c4ccc(C(C)(C)C)cc4)no3)ccc21. The molecule has 2 heterocycles. The van der Waals surface area contributed by atoms with E-state index in [0.717, 1.165) is 22.4 Å². The van der Waals surface area contributed by atoms with E-state index in [-0.39, 0.29) is 27.6 Å². The summed E-state index contributed by atoms with van der Waals surface area (Å²) < 4.78 is 35.4. The van der Waals surface area contributed by atoms with Crippen LogP contribution in [0.5, 0.6) is 0 Å². The van der Waals surface area contributed by atoms with Gasteiger partial charge in [-0.15, -0.1) is 0 Å². The Hall–Kier alpha value is -2.82. The van der Waals surface area contributed by atoms with Gasteiger partial charge in [0.2, 0.25) is 21.7 Å². The number of hydrogen-bond donors (Lipinski definition) is 1. The Morgan fingerprint density at radius 1 is 1.12 bits per heavy atom. The molecule has 32 heavy (non-hydrogen) atoms. The standard InChI is InChI=1S/C22H24N4O4S2/c1-5-26-17-11-10-16(12-18(17)31-21(26)27)32(28,29)23-13-19-24-20(25-30-19)14-6-8-15(9-7-14)22(2,3)4/h6-12,23H,5,13H2,1-4H3. The minimum atomic E-state index is -3.82. The summed E-state index contributed by atoms with van der Waals surface area (Å²) in [7, 11) is -3.82. The van der Waals surface area contributed by atoms with Crippen LogP contribution in [0.3, 0.4) is 0 Å². The molecular formula is C22H24N4O4S2. The number of aryl methyl sites for hydroxylation is 1. The van der Waals surface area contributed by atoms with Crippen LogP contribution in [0.4, 0.5) is 0 Å². The van der Waals surface area contributed by atoms with E-state index in [9.17, 15) is 13.2 Å². The smallest absolute Gasteiger partial charge is 0.308 e. The zero-order chi connectivity index (χ0) is 23.1. The predicted octanol–water partition coefficient (Wildman–Crippen LogP) is 3.91. The largest absolute Gasteiger partial charge is 0.338 e. The zero-order valence-corrected chi connectivity index (χ0v) is 19.9. The Labute approximate surface area is 190 Å². The average molecular weight is 473 g/mol. The number of nitrogens with zero attached hydrogens (tertiary/aromatic N) is 3. The van der Waals surface area contributed by atoms with Gasteiger partial charge in [0.1, 0.15) is 0 Å². The van der Waals surface area contributed by atoms with Gasteiger partial charge in [-0.2, -0.15) is 4.98 Å². The van der Waals surface area contributed by atoms with Gasteiger partial charge in [-0.1, -0.05) is 61.5 Å². The third-order valence-electron chi connectivity index (χ3n) is 5.16. The van der Waals surface area contributed by atoms with E-state index in [0.29, 0.717) is 17.1 Å². The van der Waals surface area contributed by atoms with E-state index < -0.39 is 10.0 Å². The Morgan fingerprint density at radius 2 is 1.84 bits per heavy atom. The second-order valence-corrected chi connectivity index (χ2v) is 11.2. The monoisotopic (exact) mass is 472 g/mol. The molecule has 0 spiro atoms. The first kappa shape index (κ1) is 22.4. The second-order valence-electron chi connectivity index (χ2n) is 8.41. The molecule has 0 atom stereocenters. The molecule has 0 aliphatic heterocycles. The second kappa shape index (κ2) is 8.27. The fourth-order valence-electron chi connectivity index (χ4n) is 3.32. The maximum Gasteiger partial charge on any atom is 0.308 e. The summed E-state index contributed by atoms with van der Waals surface area (Å²) >= 11 is 1.03. The number of nitrogens with one attached hydrogen (secondary N) is 1. The zero-order valence-electron chi connectivity index (χ0n) is 18.2. The number of benzene rings is 2. The van der Waals surface area contributed by atoms with Crippen molar-refractivity contribution >= 4 is 31.6 Å². The van der Waals surface area contributed by atoms with E-state index in [1.807, 2.05) is 31.2 Å². The highest BCUT2D eigenvalue weighted by atomic mass is 32.2. The van der Waals surface area contributed by atoms with Gasteiger partial charge in [-0.25, -0.2) is 13.1 Å². The van der Waals surface area contributed by atoms with Crippen molar-refractivity contribution in [3.8, 4) is 11.4 Å². The number of hydrogen-bond acceptors (Lipinski definition) is 7. The molecule has 0 aliphatic rings. The molecule has 0 aliphatic carbocycles. The van der Waals surface area contributed by atoms with Crippen molar-refractivity contribution in [2.75, 3.05) is 0 Å². The summed E-state index contributed by atoms with van der Waals surface area (Å²) in [5.41, 5.74) is 2.74. The van der Waals surface area contributed by atoms with Crippen molar-refractivity contribution in [2.24, 2.45) is 0 Å². The Morgan fingerprint density at radius 3 is 2.50 bits per heavy atom. The highest BCUT2D eigenvalue weighted by molar-refractivity contribution is 7.89. The molecule has 0 unspecified atom stereocenters. The normalized spacial score (nSPS) is 12.5. The van der Waals surface area contributed by atoms with Crippen LogP contribution < -0.4 is 9.60 Å². The molecule has 0 bridgehead atoms. The summed E-state index contributed by atoms with van der Waals surface area (Å²) in [5.74, 6) is 0.554. The van der Waals surface area contributed by atoms with Gasteiger partial charge in [0.05, 0.1) is 21.7 Å². The van der Waals surface area contributed by atoms with Crippen LogP contribution in [-0.2, 0) is 28.5 Å². The van der Waals surface area contributed by atoms with Crippen LogP contribution in [0.25, 0.3) is 21.6 Å². The first-order chi connectivity index (χ1) is 15.1. The Balaban J connectivity index is 1.49. The van der Waals surface area contributed by atoms with Gasteiger partial charge < -0.3 is 4.52 Å². The maximum atomic E-state index is 12.7. The molecule has 168 valence electrons. The summed E-state index contributed by atoms with van der Waals surface area (Å²) in [4.78, 5) is 16.3. The summed E-state index contributed by atoms with van der Waals surface area (Å²) in [6.07, 6.45) is 0. The van der Waals surface area contributed by atoms with Crippen molar-refractivity contribution in [1.82, 2.24) is 19.4 Å². The molecule has 8 nitrogen and oxygen atoms in total. The van der Waals surface area contributed by atoms with Gasteiger partial charge in [0, 0.05) is 12.1 Å². The predicted molar refractivity (Wildman–Crippen MR) is 124 cm³/mol. The summed E-state index contributed by atoms with van der Waals surface area (Å²) in [6.45, 7) is 8.67. The molecule has 1 N–H and O–H groups in total. The quantitative estimate of drug-likeness (QED) is 0.456. The summed E-state index contributed by atoms with van der Waals surface area (Å²) in [6, 6.07) is 12.5. The first-order valence-corrected chi connectivity index (χ1v) is 12.4. The Bertz CT molecular complexity index is 1430. The molecule has 0 fully saturated rings. The molecule has 0 saturated carbocycles. The molecule has 0 saturated heterocycles. The van der Waals surface area contributed by atoms with E-state index in [4.69, 9.17) is 4.52 Å². The lowest BCUT2D eigenvalue weighted by atomic mass is 9.87. The lowest BCUT2D eigenvalue weighted by Gasteiger charge is -2.18. The van der Waals surface area contributed by atoms with Gasteiger partial charge in [0.25, 0.3) is 0 Å². The van der Waals surface area contributed by atoms with Crippen molar-refractivity contribution in [3.05, 3.63) is 63.6 Å². The van der Waals surface area contributed by atoms with E-state index >= 15 is 0 Å². The van der Waals surface area contributed by atoms with Gasteiger partial charge in [0.15, 0.2) is 0 Å². The molecule has 10 heteroatoms. The highest BCUT2D eigenvalue weighted by Gasteiger charge is 2.19. The van der Waals surface area contributed by atoms with Crippen molar-refractivity contribution < 1.29 is 12.9 Å². The van der Waals surface area contributed by atoms with Crippen LogP contribution in [0.15, 0.2) is 56.7 Å².